The first-order valence-electron chi connectivity index (χ1n) is 4.92. The molecule has 0 aromatic carbocycles. The van der Waals surface area contributed by atoms with Gasteiger partial charge in [-0.2, -0.15) is 0 Å². The van der Waals surface area contributed by atoms with Crippen LogP contribution in [0.2, 0.25) is 0 Å². The summed E-state index contributed by atoms with van der Waals surface area (Å²) in [6.07, 6.45) is 6.78. The zero-order chi connectivity index (χ0) is 8.32. The first-order chi connectivity index (χ1) is 5.22. The molecule has 1 saturated carbocycles. The molecule has 0 radical (unpaired) electrons. The lowest BCUT2D eigenvalue weighted by Crippen LogP contribution is -2.27. The van der Waals surface area contributed by atoms with Gasteiger partial charge in [-0.1, -0.05) is 26.7 Å². The second-order valence-electron chi connectivity index (χ2n) is 4.30. The van der Waals surface area contributed by atoms with Gasteiger partial charge in [0, 0.05) is 0 Å². The summed E-state index contributed by atoms with van der Waals surface area (Å²) in [6, 6.07) is 0. The molecule has 0 amide bonds. The Balaban J connectivity index is 2.48. The van der Waals surface area contributed by atoms with Crippen LogP contribution in [0.1, 0.15) is 46.0 Å². The number of hydrogen-bond acceptors (Lipinski definition) is 1. The molecule has 0 heterocycles. The van der Waals surface area contributed by atoms with Gasteiger partial charge in [-0.15, -0.1) is 0 Å². The molecule has 1 aliphatic rings. The Kier molecular flexibility index (Phi) is 2.94. The summed E-state index contributed by atoms with van der Waals surface area (Å²) in [5.74, 6) is 0.921. The van der Waals surface area contributed by atoms with Crippen LogP contribution < -0.4 is 5.73 Å². The van der Waals surface area contributed by atoms with Gasteiger partial charge in [0.1, 0.15) is 0 Å². The maximum absolute atomic E-state index is 5.82. The molecule has 1 fully saturated rings. The summed E-state index contributed by atoms with van der Waals surface area (Å²) in [4.78, 5) is 0. The normalized spacial score (nSPS) is 37.9. The van der Waals surface area contributed by atoms with Crippen LogP contribution in [0.25, 0.3) is 0 Å². The van der Waals surface area contributed by atoms with Crippen molar-refractivity contribution in [3.8, 4) is 0 Å². The molecule has 0 aromatic rings. The van der Waals surface area contributed by atoms with Gasteiger partial charge in [0.2, 0.25) is 0 Å². The number of hydrogen-bond donors (Lipinski definition) is 1. The molecule has 1 rings (SSSR count). The number of nitrogens with two attached hydrogens (primary N) is 1. The maximum atomic E-state index is 5.82. The third kappa shape index (κ3) is 1.96. The van der Waals surface area contributed by atoms with Crippen LogP contribution in [0.3, 0.4) is 0 Å². The van der Waals surface area contributed by atoms with Crippen LogP contribution in [0.5, 0.6) is 0 Å². The molecule has 1 aliphatic carbocycles. The molecular formula is C10H21N. The zero-order valence-corrected chi connectivity index (χ0v) is 7.90. The molecule has 2 N–H and O–H groups in total. The summed E-state index contributed by atoms with van der Waals surface area (Å²) >= 11 is 0. The molecule has 0 spiro atoms. The quantitative estimate of drug-likeness (QED) is 0.666. The van der Waals surface area contributed by atoms with Gasteiger partial charge in [-0.25, -0.2) is 0 Å². The van der Waals surface area contributed by atoms with Gasteiger partial charge >= 0.3 is 0 Å². The van der Waals surface area contributed by atoms with Crippen LogP contribution in [0, 0.1) is 11.3 Å². The van der Waals surface area contributed by atoms with E-state index in [1.807, 2.05) is 0 Å². The van der Waals surface area contributed by atoms with Crippen molar-refractivity contribution in [2.75, 3.05) is 6.54 Å². The average Bonchev–Trinajstić information content (AvgIpc) is 2.34. The van der Waals surface area contributed by atoms with E-state index in [1.54, 1.807) is 0 Å². The predicted octanol–water partition coefficient (Wildman–Crippen LogP) is 2.55. The Morgan fingerprint density at radius 3 is 2.64 bits per heavy atom. The van der Waals surface area contributed by atoms with Crippen molar-refractivity contribution in [3.63, 3.8) is 0 Å². The van der Waals surface area contributed by atoms with E-state index in [9.17, 15) is 0 Å². The fourth-order valence-electron chi connectivity index (χ4n) is 2.54. The molecule has 2 unspecified atom stereocenters. The molecule has 11 heavy (non-hydrogen) atoms. The SMILES string of the molecule is CCCC1(CN)CCC(C)C1. The van der Waals surface area contributed by atoms with Crippen molar-refractivity contribution in [1.29, 1.82) is 0 Å². The van der Waals surface area contributed by atoms with Crippen molar-refractivity contribution in [2.24, 2.45) is 17.1 Å². The van der Waals surface area contributed by atoms with Crippen LogP contribution in [-0.2, 0) is 0 Å². The van der Waals surface area contributed by atoms with E-state index >= 15 is 0 Å². The highest BCUT2D eigenvalue weighted by atomic mass is 14.6. The van der Waals surface area contributed by atoms with E-state index in [0.29, 0.717) is 5.41 Å². The molecule has 2 atom stereocenters. The maximum Gasteiger partial charge on any atom is -0.00204 e. The highest BCUT2D eigenvalue weighted by Crippen LogP contribution is 2.43. The summed E-state index contributed by atoms with van der Waals surface area (Å²) < 4.78 is 0. The van der Waals surface area contributed by atoms with Crippen molar-refractivity contribution in [2.45, 2.75) is 46.0 Å². The van der Waals surface area contributed by atoms with Gasteiger partial charge in [-0.3, -0.25) is 0 Å². The highest BCUT2D eigenvalue weighted by Gasteiger charge is 2.34. The van der Waals surface area contributed by atoms with Crippen molar-refractivity contribution in [1.82, 2.24) is 0 Å². The molecule has 1 nitrogen and oxygen atoms in total. The molecule has 0 aromatic heterocycles. The van der Waals surface area contributed by atoms with Crippen LogP contribution >= 0.6 is 0 Å². The van der Waals surface area contributed by atoms with Crippen molar-refractivity contribution in [3.05, 3.63) is 0 Å². The average molecular weight is 155 g/mol. The van der Waals surface area contributed by atoms with E-state index in [1.165, 1.54) is 32.1 Å². The summed E-state index contributed by atoms with van der Waals surface area (Å²) in [5.41, 5.74) is 6.35. The van der Waals surface area contributed by atoms with Crippen molar-refractivity contribution >= 4 is 0 Å². The Morgan fingerprint density at radius 2 is 2.27 bits per heavy atom. The topological polar surface area (TPSA) is 26.0 Å². The molecule has 0 bridgehead atoms. The lowest BCUT2D eigenvalue weighted by atomic mass is 9.81. The zero-order valence-electron chi connectivity index (χ0n) is 7.90. The largest absolute Gasteiger partial charge is 0.330 e. The third-order valence-corrected chi connectivity index (χ3v) is 3.16. The third-order valence-electron chi connectivity index (χ3n) is 3.16. The standard InChI is InChI=1S/C10H21N/c1-3-5-10(8-11)6-4-9(2)7-10/h9H,3-8,11H2,1-2H3. The van der Waals surface area contributed by atoms with Crippen LogP contribution in [-0.4, -0.2) is 6.54 Å². The van der Waals surface area contributed by atoms with Gasteiger partial charge < -0.3 is 5.73 Å². The van der Waals surface area contributed by atoms with Gasteiger partial charge in [0.05, 0.1) is 0 Å². The second-order valence-corrected chi connectivity index (χ2v) is 4.30. The van der Waals surface area contributed by atoms with Crippen LogP contribution in [0.4, 0.5) is 0 Å². The monoisotopic (exact) mass is 155 g/mol. The molecule has 0 saturated heterocycles. The minimum absolute atomic E-state index is 0.536. The number of rotatable bonds is 3. The Labute approximate surface area is 70.4 Å². The highest BCUT2D eigenvalue weighted by molar-refractivity contribution is 4.87. The lowest BCUT2D eigenvalue weighted by Gasteiger charge is -2.26. The molecule has 1 heteroatoms. The van der Waals surface area contributed by atoms with E-state index in [0.717, 1.165) is 12.5 Å². The molecular weight excluding hydrogens is 134 g/mol. The minimum atomic E-state index is 0.536. The second kappa shape index (κ2) is 3.57. The Bertz CT molecular complexity index is 118. The Hall–Kier alpha value is -0.0400. The van der Waals surface area contributed by atoms with Gasteiger partial charge in [-0.05, 0) is 37.1 Å². The van der Waals surface area contributed by atoms with Gasteiger partial charge in [0.25, 0.3) is 0 Å². The van der Waals surface area contributed by atoms with E-state index in [4.69, 9.17) is 5.73 Å². The minimum Gasteiger partial charge on any atom is -0.330 e. The molecule has 66 valence electrons. The van der Waals surface area contributed by atoms with E-state index in [-0.39, 0.29) is 0 Å². The van der Waals surface area contributed by atoms with E-state index < -0.39 is 0 Å². The molecule has 0 aliphatic heterocycles. The fraction of sp³-hybridized carbons (Fsp3) is 1.00. The van der Waals surface area contributed by atoms with Crippen molar-refractivity contribution < 1.29 is 0 Å². The summed E-state index contributed by atoms with van der Waals surface area (Å²) in [6.45, 7) is 5.53. The smallest absolute Gasteiger partial charge is 0.00204 e. The fourth-order valence-corrected chi connectivity index (χ4v) is 2.54. The Morgan fingerprint density at radius 1 is 1.55 bits per heavy atom. The summed E-state index contributed by atoms with van der Waals surface area (Å²) in [7, 11) is 0. The van der Waals surface area contributed by atoms with E-state index in [2.05, 4.69) is 13.8 Å². The first-order valence-corrected chi connectivity index (χ1v) is 4.92. The van der Waals surface area contributed by atoms with Crippen LogP contribution in [0.15, 0.2) is 0 Å². The first kappa shape index (κ1) is 9.05. The lowest BCUT2D eigenvalue weighted by molar-refractivity contribution is 0.270. The predicted molar refractivity (Wildman–Crippen MR) is 49.4 cm³/mol. The van der Waals surface area contributed by atoms with Gasteiger partial charge in [0.15, 0.2) is 0 Å². The summed E-state index contributed by atoms with van der Waals surface area (Å²) in [5, 5.41) is 0.